The first-order valence-electron chi connectivity index (χ1n) is 6.23. The lowest BCUT2D eigenvalue weighted by Gasteiger charge is -2.16. The second-order valence-electron chi connectivity index (χ2n) is 4.67. The first-order chi connectivity index (χ1) is 8.43. The van der Waals surface area contributed by atoms with E-state index in [4.69, 9.17) is 0 Å². The van der Waals surface area contributed by atoms with Crippen LogP contribution in [0.15, 0.2) is 36.0 Å². The zero-order valence-corrected chi connectivity index (χ0v) is 11.9. The molecule has 0 saturated heterocycles. The Balaban J connectivity index is 4.95. The molecule has 18 heavy (non-hydrogen) atoms. The summed E-state index contributed by atoms with van der Waals surface area (Å²) in [5, 5.41) is 0. The molecule has 0 atom stereocenters. The minimum absolute atomic E-state index is 0.125. The number of allylic oxidation sites excluding steroid dienone is 4. The van der Waals surface area contributed by atoms with Gasteiger partial charge in [0.25, 0.3) is 0 Å². The van der Waals surface area contributed by atoms with Crippen molar-refractivity contribution in [3.05, 3.63) is 36.0 Å². The van der Waals surface area contributed by atoms with Crippen molar-refractivity contribution in [2.45, 2.75) is 27.2 Å². The molecule has 2 nitrogen and oxygen atoms in total. The summed E-state index contributed by atoms with van der Waals surface area (Å²) < 4.78 is 12.2. The van der Waals surface area contributed by atoms with E-state index in [0.717, 1.165) is 0 Å². The summed E-state index contributed by atoms with van der Waals surface area (Å²) in [6, 6.07) is 0. The molecule has 102 valence electrons. The van der Waals surface area contributed by atoms with Crippen LogP contribution < -0.4 is 0 Å². The lowest BCUT2D eigenvalue weighted by Crippen LogP contribution is -2.29. The SMILES string of the molecule is C=CC/C(=C\C=C(/C)C(C)C)C(=O)N(C)CCF. The van der Waals surface area contributed by atoms with Gasteiger partial charge in [0.2, 0.25) is 5.91 Å². The fraction of sp³-hybridized carbons (Fsp3) is 0.533. The number of nitrogens with zero attached hydrogens (tertiary/aromatic N) is 1. The van der Waals surface area contributed by atoms with Gasteiger partial charge in [-0.25, -0.2) is 4.39 Å². The Labute approximate surface area is 110 Å². The van der Waals surface area contributed by atoms with Gasteiger partial charge < -0.3 is 4.90 Å². The molecule has 0 rings (SSSR count). The first kappa shape index (κ1) is 16.6. The van der Waals surface area contributed by atoms with Crippen LogP contribution in [-0.2, 0) is 4.79 Å². The quantitative estimate of drug-likeness (QED) is 0.386. The van der Waals surface area contributed by atoms with Crippen LogP contribution in [0.5, 0.6) is 0 Å². The summed E-state index contributed by atoms with van der Waals surface area (Å²) >= 11 is 0. The second kappa shape index (κ2) is 8.67. The van der Waals surface area contributed by atoms with Crippen LogP contribution in [0.2, 0.25) is 0 Å². The second-order valence-corrected chi connectivity index (χ2v) is 4.67. The lowest BCUT2D eigenvalue weighted by molar-refractivity contribution is -0.126. The van der Waals surface area contributed by atoms with Gasteiger partial charge in [-0.3, -0.25) is 4.79 Å². The number of hydrogen-bond acceptors (Lipinski definition) is 1. The van der Waals surface area contributed by atoms with E-state index in [-0.39, 0.29) is 12.5 Å². The van der Waals surface area contributed by atoms with E-state index in [1.165, 1.54) is 10.5 Å². The maximum Gasteiger partial charge on any atom is 0.249 e. The maximum absolute atomic E-state index is 12.2. The highest BCUT2D eigenvalue weighted by molar-refractivity contribution is 5.93. The van der Waals surface area contributed by atoms with Crippen molar-refractivity contribution in [3.63, 3.8) is 0 Å². The number of likely N-dealkylation sites (N-methyl/N-ethyl adjacent to an activating group) is 1. The highest BCUT2D eigenvalue weighted by Gasteiger charge is 2.12. The number of alkyl halides is 1. The smallest absolute Gasteiger partial charge is 0.249 e. The zero-order valence-electron chi connectivity index (χ0n) is 11.9. The summed E-state index contributed by atoms with van der Waals surface area (Å²) in [7, 11) is 1.61. The van der Waals surface area contributed by atoms with Gasteiger partial charge in [0.15, 0.2) is 0 Å². The van der Waals surface area contributed by atoms with Crippen molar-refractivity contribution in [2.75, 3.05) is 20.3 Å². The van der Waals surface area contributed by atoms with Crippen LogP contribution in [0.1, 0.15) is 27.2 Å². The number of carbonyl (C=O) groups excluding carboxylic acids is 1. The predicted molar refractivity (Wildman–Crippen MR) is 75.1 cm³/mol. The molecular weight excluding hydrogens is 229 g/mol. The molecule has 3 heteroatoms. The minimum atomic E-state index is -0.523. The van der Waals surface area contributed by atoms with Crippen molar-refractivity contribution >= 4 is 5.91 Å². The van der Waals surface area contributed by atoms with Crippen molar-refractivity contribution in [2.24, 2.45) is 5.92 Å². The van der Waals surface area contributed by atoms with Crippen LogP contribution in [0.25, 0.3) is 0 Å². The van der Waals surface area contributed by atoms with Gasteiger partial charge in [-0.15, -0.1) is 6.58 Å². The van der Waals surface area contributed by atoms with Crippen molar-refractivity contribution in [1.29, 1.82) is 0 Å². The average molecular weight is 253 g/mol. The summed E-state index contributed by atoms with van der Waals surface area (Å²) in [6.07, 6.45) is 5.95. The van der Waals surface area contributed by atoms with Crippen LogP contribution in [0.3, 0.4) is 0 Å². The molecule has 0 aliphatic rings. The van der Waals surface area contributed by atoms with E-state index < -0.39 is 6.67 Å². The highest BCUT2D eigenvalue weighted by Crippen LogP contribution is 2.12. The number of amides is 1. The number of hydrogen-bond donors (Lipinski definition) is 0. The van der Waals surface area contributed by atoms with Crippen LogP contribution in [0.4, 0.5) is 4.39 Å². The van der Waals surface area contributed by atoms with Gasteiger partial charge in [0, 0.05) is 19.2 Å². The fourth-order valence-corrected chi connectivity index (χ4v) is 1.28. The zero-order chi connectivity index (χ0) is 14.1. The van der Waals surface area contributed by atoms with E-state index in [2.05, 4.69) is 20.4 Å². The van der Waals surface area contributed by atoms with Crippen molar-refractivity contribution < 1.29 is 9.18 Å². The third-order valence-electron chi connectivity index (χ3n) is 2.86. The number of carbonyl (C=O) groups is 1. The predicted octanol–water partition coefficient (Wildman–Crippen LogP) is 3.52. The molecule has 0 bridgehead atoms. The van der Waals surface area contributed by atoms with E-state index in [0.29, 0.717) is 17.9 Å². The van der Waals surface area contributed by atoms with E-state index in [9.17, 15) is 9.18 Å². The Bertz CT molecular complexity index is 342. The molecule has 0 fully saturated rings. The molecule has 0 aliphatic heterocycles. The van der Waals surface area contributed by atoms with Crippen LogP contribution >= 0.6 is 0 Å². The normalized spacial score (nSPS) is 12.8. The molecule has 0 aliphatic carbocycles. The standard InChI is InChI=1S/C15H24FNO/c1-6-7-14(9-8-13(4)12(2)3)15(18)17(5)11-10-16/h6,8-9,12H,1,7,10-11H2,2-5H3/b13-8+,14-9+. The minimum Gasteiger partial charge on any atom is -0.339 e. The van der Waals surface area contributed by atoms with E-state index in [1.54, 1.807) is 13.1 Å². The molecule has 0 unspecified atom stereocenters. The van der Waals surface area contributed by atoms with Gasteiger partial charge in [-0.1, -0.05) is 37.6 Å². The number of rotatable bonds is 7. The molecular formula is C15H24FNO. The Morgan fingerprint density at radius 1 is 1.39 bits per heavy atom. The molecule has 0 aromatic carbocycles. The Morgan fingerprint density at radius 2 is 2.00 bits per heavy atom. The summed E-state index contributed by atoms with van der Waals surface area (Å²) in [5.41, 5.74) is 1.85. The van der Waals surface area contributed by atoms with Gasteiger partial charge in [0.1, 0.15) is 6.67 Å². The average Bonchev–Trinajstić information content (AvgIpc) is 2.33. The lowest BCUT2D eigenvalue weighted by atomic mass is 10.0. The Morgan fingerprint density at radius 3 is 2.44 bits per heavy atom. The Kier molecular flexibility index (Phi) is 8.01. The Hall–Kier alpha value is -1.38. The van der Waals surface area contributed by atoms with Crippen LogP contribution in [0, 0.1) is 5.92 Å². The molecule has 0 aromatic heterocycles. The molecule has 1 amide bonds. The third-order valence-corrected chi connectivity index (χ3v) is 2.86. The van der Waals surface area contributed by atoms with E-state index in [1.807, 2.05) is 19.1 Å². The summed E-state index contributed by atoms with van der Waals surface area (Å²) in [5.74, 6) is 0.310. The summed E-state index contributed by atoms with van der Waals surface area (Å²) in [6.45, 7) is 9.48. The molecule has 0 N–H and O–H groups in total. The maximum atomic E-state index is 12.2. The molecule has 0 heterocycles. The largest absolute Gasteiger partial charge is 0.339 e. The third kappa shape index (κ3) is 5.80. The summed E-state index contributed by atoms with van der Waals surface area (Å²) in [4.78, 5) is 13.4. The van der Waals surface area contributed by atoms with E-state index >= 15 is 0 Å². The van der Waals surface area contributed by atoms with Gasteiger partial charge >= 0.3 is 0 Å². The van der Waals surface area contributed by atoms with Gasteiger partial charge in [-0.05, 0) is 19.3 Å². The molecule has 0 aromatic rings. The van der Waals surface area contributed by atoms with Crippen molar-refractivity contribution in [3.8, 4) is 0 Å². The molecule has 0 saturated carbocycles. The fourth-order valence-electron chi connectivity index (χ4n) is 1.28. The monoisotopic (exact) mass is 253 g/mol. The molecule has 0 spiro atoms. The topological polar surface area (TPSA) is 20.3 Å². The van der Waals surface area contributed by atoms with Crippen molar-refractivity contribution in [1.82, 2.24) is 4.90 Å². The first-order valence-corrected chi connectivity index (χ1v) is 6.23. The number of halogens is 1. The highest BCUT2D eigenvalue weighted by atomic mass is 19.1. The van der Waals surface area contributed by atoms with Crippen LogP contribution in [-0.4, -0.2) is 31.1 Å². The van der Waals surface area contributed by atoms with Gasteiger partial charge in [-0.2, -0.15) is 0 Å². The molecule has 0 radical (unpaired) electrons. The van der Waals surface area contributed by atoms with Gasteiger partial charge in [0.05, 0.1) is 0 Å².